The SMILES string of the molecule is COc1ccc(Br)cc1COCc1ccccc1F. The minimum atomic E-state index is -0.247. The van der Waals surface area contributed by atoms with Crippen LogP contribution in [0.4, 0.5) is 4.39 Å². The zero-order valence-corrected chi connectivity index (χ0v) is 12.1. The number of methoxy groups -OCH3 is 1. The van der Waals surface area contributed by atoms with Crippen molar-refractivity contribution < 1.29 is 13.9 Å². The molecule has 0 heterocycles. The standard InChI is InChI=1S/C15H14BrFO2/c1-18-15-7-6-13(16)8-12(15)10-19-9-11-4-2-3-5-14(11)17/h2-8H,9-10H2,1H3. The van der Waals surface area contributed by atoms with Gasteiger partial charge in [0.2, 0.25) is 0 Å². The van der Waals surface area contributed by atoms with Gasteiger partial charge in [0.05, 0.1) is 20.3 Å². The fourth-order valence-electron chi connectivity index (χ4n) is 1.75. The summed E-state index contributed by atoms with van der Waals surface area (Å²) in [7, 11) is 1.61. The Morgan fingerprint density at radius 2 is 1.79 bits per heavy atom. The third-order valence-electron chi connectivity index (χ3n) is 2.72. The van der Waals surface area contributed by atoms with Gasteiger partial charge in [-0.3, -0.25) is 0 Å². The molecule has 2 nitrogen and oxygen atoms in total. The van der Waals surface area contributed by atoms with Crippen LogP contribution in [0.3, 0.4) is 0 Å². The number of rotatable bonds is 5. The molecule has 2 aromatic rings. The number of hydrogen-bond donors (Lipinski definition) is 0. The summed E-state index contributed by atoms with van der Waals surface area (Å²) in [5, 5.41) is 0. The number of halogens is 2. The summed E-state index contributed by atoms with van der Waals surface area (Å²) in [4.78, 5) is 0. The molecular formula is C15H14BrFO2. The Bertz CT molecular complexity index is 558. The van der Waals surface area contributed by atoms with Crippen molar-refractivity contribution in [2.75, 3.05) is 7.11 Å². The fourth-order valence-corrected chi connectivity index (χ4v) is 2.15. The summed E-state index contributed by atoms with van der Waals surface area (Å²) in [6, 6.07) is 12.3. The molecule has 0 atom stereocenters. The number of hydrogen-bond acceptors (Lipinski definition) is 2. The maximum Gasteiger partial charge on any atom is 0.128 e. The molecule has 0 unspecified atom stereocenters. The van der Waals surface area contributed by atoms with Crippen LogP contribution in [0.2, 0.25) is 0 Å². The third kappa shape index (κ3) is 3.78. The maximum atomic E-state index is 13.4. The molecule has 0 aliphatic carbocycles. The highest BCUT2D eigenvalue weighted by atomic mass is 79.9. The molecule has 0 spiro atoms. The van der Waals surface area contributed by atoms with E-state index in [0.717, 1.165) is 15.8 Å². The normalized spacial score (nSPS) is 10.5. The molecule has 0 aromatic heterocycles. The van der Waals surface area contributed by atoms with Gasteiger partial charge in [0.15, 0.2) is 0 Å². The van der Waals surface area contributed by atoms with E-state index in [9.17, 15) is 4.39 Å². The van der Waals surface area contributed by atoms with Crippen LogP contribution in [-0.2, 0) is 18.0 Å². The zero-order valence-electron chi connectivity index (χ0n) is 10.5. The van der Waals surface area contributed by atoms with Crippen LogP contribution in [0.1, 0.15) is 11.1 Å². The average Bonchev–Trinajstić information content (AvgIpc) is 2.41. The Labute approximate surface area is 120 Å². The molecule has 100 valence electrons. The summed E-state index contributed by atoms with van der Waals surface area (Å²) in [6.45, 7) is 0.610. The van der Waals surface area contributed by atoms with Gasteiger partial charge in [-0.2, -0.15) is 0 Å². The highest BCUT2D eigenvalue weighted by Gasteiger charge is 2.05. The van der Waals surface area contributed by atoms with Crippen molar-refractivity contribution in [2.45, 2.75) is 13.2 Å². The quantitative estimate of drug-likeness (QED) is 0.815. The highest BCUT2D eigenvalue weighted by Crippen LogP contribution is 2.24. The highest BCUT2D eigenvalue weighted by molar-refractivity contribution is 9.10. The predicted molar refractivity (Wildman–Crippen MR) is 75.6 cm³/mol. The van der Waals surface area contributed by atoms with Crippen molar-refractivity contribution in [1.82, 2.24) is 0 Å². The van der Waals surface area contributed by atoms with Gasteiger partial charge in [0.25, 0.3) is 0 Å². The third-order valence-corrected chi connectivity index (χ3v) is 3.21. The smallest absolute Gasteiger partial charge is 0.128 e. The van der Waals surface area contributed by atoms with Gasteiger partial charge in [-0.25, -0.2) is 4.39 Å². The summed E-state index contributed by atoms with van der Waals surface area (Å²) in [5.74, 6) is 0.514. The van der Waals surface area contributed by atoms with Crippen molar-refractivity contribution >= 4 is 15.9 Å². The summed E-state index contributed by atoms with van der Waals surface area (Å²) in [5.41, 5.74) is 1.48. The van der Waals surface area contributed by atoms with Crippen molar-refractivity contribution in [2.24, 2.45) is 0 Å². The fraction of sp³-hybridized carbons (Fsp3) is 0.200. The number of benzene rings is 2. The minimum Gasteiger partial charge on any atom is -0.496 e. The topological polar surface area (TPSA) is 18.5 Å². The Morgan fingerprint density at radius 3 is 2.53 bits per heavy atom. The van der Waals surface area contributed by atoms with E-state index in [1.54, 1.807) is 25.3 Å². The molecular weight excluding hydrogens is 311 g/mol. The lowest BCUT2D eigenvalue weighted by atomic mass is 10.2. The molecule has 2 aromatic carbocycles. The first kappa shape index (κ1) is 14.0. The second kappa shape index (κ2) is 6.68. The first-order valence-corrected chi connectivity index (χ1v) is 6.63. The first-order valence-electron chi connectivity index (χ1n) is 5.84. The van der Waals surface area contributed by atoms with Crippen molar-refractivity contribution in [3.8, 4) is 5.75 Å². The van der Waals surface area contributed by atoms with Crippen molar-refractivity contribution in [3.63, 3.8) is 0 Å². The minimum absolute atomic E-state index is 0.238. The molecule has 0 radical (unpaired) electrons. The Balaban J connectivity index is 2.00. The monoisotopic (exact) mass is 324 g/mol. The van der Waals surface area contributed by atoms with Crippen LogP contribution in [0.15, 0.2) is 46.9 Å². The predicted octanol–water partition coefficient (Wildman–Crippen LogP) is 4.31. The van der Waals surface area contributed by atoms with E-state index in [2.05, 4.69) is 15.9 Å². The van der Waals surface area contributed by atoms with E-state index in [1.165, 1.54) is 6.07 Å². The van der Waals surface area contributed by atoms with Crippen molar-refractivity contribution in [1.29, 1.82) is 0 Å². The van der Waals surface area contributed by atoms with E-state index >= 15 is 0 Å². The molecule has 0 amide bonds. The van der Waals surface area contributed by atoms with E-state index in [1.807, 2.05) is 18.2 Å². The second-order valence-corrected chi connectivity index (χ2v) is 4.96. The van der Waals surface area contributed by atoms with Crippen LogP contribution in [-0.4, -0.2) is 7.11 Å². The molecule has 19 heavy (non-hydrogen) atoms. The Kier molecular flexibility index (Phi) is 4.93. The average molecular weight is 325 g/mol. The zero-order chi connectivity index (χ0) is 13.7. The lowest BCUT2D eigenvalue weighted by Gasteiger charge is -2.10. The molecule has 0 aliphatic rings. The Hall–Kier alpha value is -1.39. The van der Waals surface area contributed by atoms with Gasteiger partial charge >= 0.3 is 0 Å². The molecule has 0 fully saturated rings. The molecule has 0 saturated carbocycles. The van der Waals surface area contributed by atoms with Gasteiger partial charge in [-0.1, -0.05) is 34.1 Å². The van der Waals surface area contributed by atoms with Crippen LogP contribution in [0, 0.1) is 5.82 Å². The lowest BCUT2D eigenvalue weighted by Crippen LogP contribution is -1.99. The van der Waals surface area contributed by atoms with E-state index in [-0.39, 0.29) is 12.4 Å². The second-order valence-electron chi connectivity index (χ2n) is 4.04. The van der Waals surface area contributed by atoms with Gasteiger partial charge in [-0.05, 0) is 24.3 Å². The van der Waals surface area contributed by atoms with Crippen molar-refractivity contribution in [3.05, 3.63) is 63.9 Å². The Morgan fingerprint density at radius 1 is 1.05 bits per heavy atom. The van der Waals surface area contributed by atoms with Gasteiger partial charge in [-0.15, -0.1) is 0 Å². The molecule has 2 rings (SSSR count). The summed E-state index contributed by atoms with van der Waals surface area (Å²) < 4.78 is 25.2. The number of ether oxygens (including phenoxy) is 2. The molecule has 0 bridgehead atoms. The molecule has 4 heteroatoms. The molecule has 0 aliphatic heterocycles. The van der Waals surface area contributed by atoms with Crippen LogP contribution in [0.25, 0.3) is 0 Å². The largest absolute Gasteiger partial charge is 0.496 e. The summed E-state index contributed by atoms with van der Waals surface area (Å²) >= 11 is 3.40. The van der Waals surface area contributed by atoms with Gasteiger partial charge in [0.1, 0.15) is 11.6 Å². The van der Waals surface area contributed by atoms with Crippen LogP contribution < -0.4 is 4.74 Å². The first-order chi connectivity index (χ1) is 9.20. The van der Waals surface area contributed by atoms with Gasteiger partial charge in [0, 0.05) is 15.6 Å². The molecule has 0 N–H and O–H groups in total. The van der Waals surface area contributed by atoms with E-state index in [4.69, 9.17) is 9.47 Å². The maximum absolute atomic E-state index is 13.4. The molecule has 0 saturated heterocycles. The van der Waals surface area contributed by atoms with E-state index in [0.29, 0.717) is 12.2 Å². The van der Waals surface area contributed by atoms with Crippen LogP contribution >= 0.6 is 15.9 Å². The van der Waals surface area contributed by atoms with E-state index < -0.39 is 0 Å². The summed E-state index contributed by atoms with van der Waals surface area (Å²) in [6.07, 6.45) is 0. The lowest BCUT2D eigenvalue weighted by molar-refractivity contribution is 0.103. The van der Waals surface area contributed by atoms with Gasteiger partial charge < -0.3 is 9.47 Å². The van der Waals surface area contributed by atoms with Crippen LogP contribution in [0.5, 0.6) is 5.75 Å².